The van der Waals surface area contributed by atoms with Crippen LogP contribution in [-0.2, 0) is 10.0 Å². The van der Waals surface area contributed by atoms with Crippen molar-refractivity contribution in [1.29, 1.82) is 0 Å². The lowest BCUT2D eigenvalue weighted by molar-refractivity contribution is 0.593. The summed E-state index contributed by atoms with van der Waals surface area (Å²) in [7, 11) is -3.65. The fourth-order valence-electron chi connectivity index (χ4n) is 2.36. The van der Waals surface area contributed by atoms with Crippen LogP contribution in [0.5, 0.6) is 0 Å². The standard InChI is InChI=1S/C16H17N3O2S2/c1-11-15(12-5-3-2-4-6-12)22-16(18-11)19-23(20,21)14-9-7-13(17)8-10-14/h2-11,15H,17H2,1H3,(H,18,19)/t11-,15-/m0/s1. The first-order valence-electron chi connectivity index (χ1n) is 7.13. The zero-order valence-corrected chi connectivity index (χ0v) is 14.1. The Balaban J connectivity index is 1.76. The van der Waals surface area contributed by atoms with E-state index < -0.39 is 10.0 Å². The largest absolute Gasteiger partial charge is 0.399 e. The molecule has 0 saturated carbocycles. The zero-order chi connectivity index (χ0) is 16.4. The van der Waals surface area contributed by atoms with E-state index in [0.717, 1.165) is 5.56 Å². The molecule has 1 aliphatic heterocycles. The average Bonchev–Trinajstić information content (AvgIpc) is 2.88. The summed E-state index contributed by atoms with van der Waals surface area (Å²) in [5.74, 6) is 0. The molecule has 3 rings (SSSR count). The molecule has 0 aliphatic carbocycles. The van der Waals surface area contributed by atoms with Crippen LogP contribution < -0.4 is 10.5 Å². The van der Waals surface area contributed by atoms with E-state index in [1.807, 2.05) is 37.3 Å². The van der Waals surface area contributed by atoms with Crippen LogP contribution in [-0.4, -0.2) is 19.6 Å². The second-order valence-electron chi connectivity index (χ2n) is 5.30. The van der Waals surface area contributed by atoms with Gasteiger partial charge in [-0.15, -0.1) is 0 Å². The van der Waals surface area contributed by atoms with Crippen LogP contribution >= 0.6 is 11.8 Å². The molecule has 5 nitrogen and oxygen atoms in total. The third kappa shape index (κ3) is 3.51. The van der Waals surface area contributed by atoms with Crippen molar-refractivity contribution in [3.05, 3.63) is 60.2 Å². The van der Waals surface area contributed by atoms with E-state index in [9.17, 15) is 8.42 Å². The van der Waals surface area contributed by atoms with Gasteiger partial charge in [0.15, 0.2) is 5.17 Å². The van der Waals surface area contributed by atoms with Crippen LogP contribution in [0.1, 0.15) is 17.7 Å². The highest BCUT2D eigenvalue weighted by atomic mass is 32.2. The van der Waals surface area contributed by atoms with Crippen molar-refractivity contribution < 1.29 is 8.42 Å². The highest BCUT2D eigenvalue weighted by Crippen LogP contribution is 2.39. The van der Waals surface area contributed by atoms with Crippen LogP contribution in [0.3, 0.4) is 0 Å². The second-order valence-corrected chi connectivity index (χ2v) is 8.11. The highest BCUT2D eigenvalue weighted by molar-refractivity contribution is 8.15. The Morgan fingerprint density at radius 2 is 1.74 bits per heavy atom. The first-order valence-corrected chi connectivity index (χ1v) is 9.50. The number of nitrogens with two attached hydrogens (primary N) is 1. The SMILES string of the molecule is C[C@@H]1N=C(NS(=O)(=O)c2ccc(N)cc2)S[C@@H]1c1ccccc1. The Morgan fingerprint density at radius 3 is 2.39 bits per heavy atom. The van der Waals surface area contributed by atoms with E-state index in [0.29, 0.717) is 10.9 Å². The van der Waals surface area contributed by atoms with Crippen molar-refractivity contribution in [2.75, 3.05) is 5.73 Å². The number of hydrogen-bond acceptors (Lipinski definition) is 5. The summed E-state index contributed by atoms with van der Waals surface area (Å²) < 4.78 is 27.4. The van der Waals surface area contributed by atoms with Gasteiger partial charge in [-0.3, -0.25) is 9.71 Å². The lowest BCUT2D eigenvalue weighted by atomic mass is 10.1. The van der Waals surface area contributed by atoms with E-state index in [1.165, 1.54) is 23.9 Å². The van der Waals surface area contributed by atoms with Gasteiger partial charge in [-0.25, -0.2) is 8.42 Å². The lowest BCUT2D eigenvalue weighted by Crippen LogP contribution is -2.27. The summed E-state index contributed by atoms with van der Waals surface area (Å²) in [6.45, 7) is 1.98. The van der Waals surface area contributed by atoms with Crippen molar-refractivity contribution in [3.63, 3.8) is 0 Å². The van der Waals surface area contributed by atoms with Gasteiger partial charge in [-0.05, 0) is 36.8 Å². The molecule has 23 heavy (non-hydrogen) atoms. The lowest BCUT2D eigenvalue weighted by Gasteiger charge is -2.13. The molecule has 0 fully saturated rings. The topological polar surface area (TPSA) is 84.5 Å². The molecule has 7 heteroatoms. The molecule has 0 aromatic heterocycles. The third-order valence-electron chi connectivity index (χ3n) is 3.54. The van der Waals surface area contributed by atoms with E-state index in [-0.39, 0.29) is 16.2 Å². The Kier molecular flexibility index (Phi) is 4.32. The number of aliphatic imine (C=N–C) groups is 1. The van der Waals surface area contributed by atoms with E-state index in [4.69, 9.17) is 5.73 Å². The molecule has 0 spiro atoms. The van der Waals surface area contributed by atoms with Crippen LogP contribution in [0, 0.1) is 0 Å². The number of hydrogen-bond donors (Lipinski definition) is 2. The van der Waals surface area contributed by atoms with E-state index >= 15 is 0 Å². The van der Waals surface area contributed by atoms with Gasteiger partial charge in [0.25, 0.3) is 10.0 Å². The molecule has 0 unspecified atom stereocenters. The maximum atomic E-state index is 12.4. The van der Waals surface area contributed by atoms with E-state index in [2.05, 4.69) is 9.71 Å². The normalized spacial score (nSPS) is 21.0. The first-order chi connectivity index (χ1) is 11.0. The van der Waals surface area contributed by atoms with Crippen molar-refractivity contribution in [1.82, 2.24) is 4.72 Å². The molecule has 1 heterocycles. The Labute approximate surface area is 140 Å². The highest BCUT2D eigenvalue weighted by Gasteiger charge is 2.30. The Hall–Kier alpha value is -1.99. The number of sulfonamides is 1. The van der Waals surface area contributed by atoms with Crippen molar-refractivity contribution in [2.24, 2.45) is 4.99 Å². The van der Waals surface area contributed by atoms with Crippen LogP contribution in [0.25, 0.3) is 0 Å². The molecular weight excluding hydrogens is 330 g/mol. The van der Waals surface area contributed by atoms with Crippen molar-refractivity contribution in [3.8, 4) is 0 Å². The van der Waals surface area contributed by atoms with Crippen molar-refractivity contribution in [2.45, 2.75) is 23.1 Å². The molecular formula is C16H17N3O2S2. The maximum Gasteiger partial charge on any atom is 0.263 e. The van der Waals surface area contributed by atoms with Gasteiger partial charge in [-0.2, -0.15) is 0 Å². The van der Waals surface area contributed by atoms with Gasteiger partial charge < -0.3 is 5.73 Å². The molecule has 0 radical (unpaired) electrons. The minimum Gasteiger partial charge on any atom is -0.399 e. The predicted molar refractivity (Wildman–Crippen MR) is 94.8 cm³/mol. The minimum atomic E-state index is -3.65. The Morgan fingerprint density at radius 1 is 1.09 bits per heavy atom. The van der Waals surface area contributed by atoms with Gasteiger partial charge in [-0.1, -0.05) is 42.1 Å². The van der Waals surface area contributed by atoms with Gasteiger partial charge >= 0.3 is 0 Å². The number of thioether (sulfide) groups is 1. The van der Waals surface area contributed by atoms with Crippen molar-refractivity contribution >= 4 is 32.6 Å². The average molecular weight is 347 g/mol. The van der Waals surface area contributed by atoms with Crippen LogP contribution in [0.15, 0.2) is 64.5 Å². The number of benzene rings is 2. The number of rotatable bonds is 3. The number of nitrogens with one attached hydrogen (secondary N) is 1. The predicted octanol–water partition coefficient (Wildman–Crippen LogP) is 2.78. The van der Waals surface area contributed by atoms with Crippen LogP contribution in [0.4, 0.5) is 5.69 Å². The molecule has 2 aromatic rings. The summed E-state index contributed by atoms with van der Waals surface area (Å²) in [6.07, 6.45) is 0. The maximum absolute atomic E-state index is 12.4. The monoisotopic (exact) mass is 347 g/mol. The molecule has 2 aromatic carbocycles. The molecule has 120 valence electrons. The molecule has 3 N–H and O–H groups in total. The number of anilines is 1. The minimum absolute atomic E-state index is 0.00604. The quantitative estimate of drug-likeness (QED) is 0.836. The van der Waals surface area contributed by atoms with Gasteiger partial charge in [0.05, 0.1) is 16.2 Å². The Bertz CT molecular complexity index is 818. The molecule has 2 atom stereocenters. The van der Waals surface area contributed by atoms with E-state index in [1.54, 1.807) is 12.1 Å². The number of nitrogen functional groups attached to an aromatic ring is 1. The summed E-state index contributed by atoms with van der Waals surface area (Å²) in [6, 6.07) is 16.1. The fraction of sp³-hybridized carbons (Fsp3) is 0.188. The third-order valence-corrected chi connectivity index (χ3v) is 6.37. The smallest absolute Gasteiger partial charge is 0.263 e. The summed E-state index contributed by atoms with van der Waals surface area (Å²) in [5, 5.41) is 0.531. The summed E-state index contributed by atoms with van der Waals surface area (Å²) >= 11 is 1.43. The van der Waals surface area contributed by atoms with Crippen LogP contribution in [0.2, 0.25) is 0 Å². The molecule has 1 aliphatic rings. The zero-order valence-electron chi connectivity index (χ0n) is 12.5. The van der Waals surface area contributed by atoms with Gasteiger partial charge in [0.2, 0.25) is 0 Å². The van der Waals surface area contributed by atoms with Gasteiger partial charge in [0, 0.05) is 5.69 Å². The summed E-state index contributed by atoms with van der Waals surface area (Å²) in [4.78, 5) is 4.61. The summed E-state index contributed by atoms with van der Waals surface area (Å²) in [5.41, 5.74) is 7.25. The number of nitrogens with zero attached hydrogens (tertiary/aromatic N) is 1. The molecule has 0 amide bonds. The first kappa shape index (κ1) is 15.9. The van der Waals surface area contributed by atoms with Gasteiger partial charge in [0.1, 0.15) is 0 Å². The molecule has 0 saturated heterocycles. The molecule has 0 bridgehead atoms. The second kappa shape index (κ2) is 6.25. The fourth-order valence-corrected chi connectivity index (χ4v) is 4.80. The number of amidine groups is 1.